The molecule has 0 radical (unpaired) electrons. The van der Waals surface area contributed by atoms with Crippen LogP contribution in [0, 0.1) is 0 Å². The molecule has 0 atom stereocenters. The van der Waals surface area contributed by atoms with E-state index in [1.165, 1.54) is 16.6 Å². The minimum absolute atomic E-state index is 0.598. The van der Waals surface area contributed by atoms with Crippen LogP contribution >= 0.6 is 0 Å². The van der Waals surface area contributed by atoms with Crippen LogP contribution in [0.1, 0.15) is 18.2 Å². The molecule has 1 heterocycles. The average Bonchev–Trinajstić information content (AvgIpc) is 2.94. The Hall–Kier alpha value is -2.26. The van der Waals surface area contributed by atoms with Crippen LogP contribution in [0.3, 0.4) is 0 Å². The predicted octanol–water partition coefficient (Wildman–Crippen LogP) is 3.86. The third-order valence-electron chi connectivity index (χ3n) is 3.46. The van der Waals surface area contributed by atoms with Gasteiger partial charge in [0, 0.05) is 23.1 Å². The van der Waals surface area contributed by atoms with Gasteiger partial charge in [0.25, 0.3) is 0 Å². The molecule has 0 saturated carbocycles. The fourth-order valence-electron chi connectivity index (χ4n) is 2.36. The zero-order valence-electron chi connectivity index (χ0n) is 12.2. The van der Waals surface area contributed by atoms with E-state index in [9.17, 15) is 0 Å². The van der Waals surface area contributed by atoms with Crippen molar-refractivity contribution >= 4 is 10.9 Å². The van der Waals surface area contributed by atoms with Crippen molar-refractivity contribution in [3.05, 3.63) is 65.9 Å². The number of benzene rings is 2. The van der Waals surface area contributed by atoms with Gasteiger partial charge in [0.05, 0.1) is 0 Å². The molecule has 0 saturated heterocycles. The largest absolute Gasteiger partial charge is 0.489 e. The zero-order chi connectivity index (χ0) is 14.5. The molecule has 2 aromatic carbocycles. The van der Waals surface area contributed by atoms with Gasteiger partial charge in [-0.3, -0.25) is 0 Å². The third-order valence-corrected chi connectivity index (χ3v) is 3.46. The van der Waals surface area contributed by atoms with Crippen LogP contribution in [0.5, 0.6) is 5.75 Å². The van der Waals surface area contributed by atoms with E-state index in [1.54, 1.807) is 0 Å². The molecule has 3 nitrogen and oxygen atoms in total. The number of rotatable bonds is 6. The average molecular weight is 280 g/mol. The van der Waals surface area contributed by atoms with E-state index in [1.807, 2.05) is 24.3 Å². The summed E-state index contributed by atoms with van der Waals surface area (Å²) in [4.78, 5) is 3.41. The van der Waals surface area contributed by atoms with Crippen LogP contribution in [0.15, 0.2) is 54.6 Å². The van der Waals surface area contributed by atoms with E-state index in [2.05, 4.69) is 47.6 Å². The maximum Gasteiger partial charge on any atom is 0.120 e. The van der Waals surface area contributed by atoms with E-state index >= 15 is 0 Å². The van der Waals surface area contributed by atoms with Crippen molar-refractivity contribution in [3.63, 3.8) is 0 Å². The van der Waals surface area contributed by atoms with Gasteiger partial charge in [-0.1, -0.05) is 37.3 Å². The molecule has 3 heteroatoms. The number of nitrogens with one attached hydrogen (secondary N) is 2. The third kappa shape index (κ3) is 3.44. The minimum atomic E-state index is 0.598. The normalized spacial score (nSPS) is 10.9. The van der Waals surface area contributed by atoms with Gasteiger partial charge in [-0.15, -0.1) is 0 Å². The maximum absolute atomic E-state index is 5.86. The molecule has 0 spiro atoms. The van der Waals surface area contributed by atoms with Crippen molar-refractivity contribution in [1.82, 2.24) is 10.3 Å². The SMILES string of the molecule is CCNCc1cc2cc(OCc3ccccc3)ccc2[nH]1. The first-order chi connectivity index (χ1) is 10.3. The Labute approximate surface area is 125 Å². The van der Waals surface area contributed by atoms with Gasteiger partial charge in [0.15, 0.2) is 0 Å². The van der Waals surface area contributed by atoms with Crippen LogP contribution in [-0.4, -0.2) is 11.5 Å². The number of hydrogen-bond acceptors (Lipinski definition) is 2. The fraction of sp³-hybridized carbons (Fsp3) is 0.222. The molecule has 3 aromatic rings. The summed E-state index contributed by atoms with van der Waals surface area (Å²) >= 11 is 0. The molecule has 0 unspecified atom stereocenters. The van der Waals surface area contributed by atoms with Crippen molar-refractivity contribution < 1.29 is 4.74 Å². The predicted molar refractivity (Wildman–Crippen MR) is 86.5 cm³/mol. The van der Waals surface area contributed by atoms with Crippen molar-refractivity contribution in [2.75, 3.05) is 6.54 Å². The highest BCUT2D eigenvalue weighted by atomic mass is 16.5. The minimum Gasteiger partial charge on any atom is -0.489 e. The maximum atomic E-state index is 5.86. The highest BCUT2D eigenvalue weighted by Gasteiger charge is 2.03. The molecule has 1 aromatic heterocycles. The second-order valence-electron chi connectivity index (χ2n) is 5.10. The first-order valence-electron chi connectivity index (χ1n) is 7.34. The number of aromatic nitrogens is 1. The Morgan fingerprint density at radius 2 is 1.90 bits per heavy atom. The van der Waals surface area contributed by atoms with E-state index in [4.69, 9.17) is 4.74 Å². The van der Waals surface area contributed by atoms with Gasteiger partial charge in [0.1, 0.15) is 12.4 Å². The topological polar surface area (TPSA) is 37.0 Å². The lowest BCUT2D eigenvalue weighted by molar-refractivity contribution is 0.306. The molecule has 0 aliphatic carbocycles. The lowest BCUT2D eigenvalue weighted by atomic mass is 10.2. The van der Waals surface area contributed by atoms with E-state index in [0.717, 1.165) is 24.4 Å². The molecule has 0 amide bonds. The Balaban J connectivity index is 1.71. The Morgan fingerprint density at radius 1 is 1.05 bits per heavy atom. The molecule has 0 fully saturated rings. The van der Waals surface area contributed by atoms with Crippen molar-refractivity contribution in [3.8, 4) is 5.75 Å². The molecule has 2 N–H and O–H groups in total. The van der Waals surface area contributed by atoms with Gasteiger partial charge in [-0.2, -0.15) is 0 Å². The van der Waals surface area contributed by atoms with Crippen molar-refractivity contribution in [2.45, 2.75) is 20.1 Å². The number of ether oxygens (including phenoxy) is 1. The lowest BCUT2D eigenvalue weighted by Crippen LogP contribution is -2.11. The van der Waals surface area contributed by atoms with Gasteiger partial charge in [0.2, 0.25) is 0 Å². The smallest absolute Gasteiger partial charge is 0.120 e. The molecule has 3 rings (SSSR count). The molecule has 0 aliphatic rings. The summed E-state index contributed by atoms with van der Waals surface area (Å²) < 4.78 is 5.86. The standard InChI is InChI=1S/C18H20N2O/c1-2-19-12-16-10-15-11-17(8-9-18(15)20-16)21-13-14-6-4-3-5-7-14/h3-11,19-20H,2,12-13H2,1H3. The summed E-state index contributed by atoms with van der Waals surface area (Å²) in [6, 6.07) is 18.6. The quantitative estimate of drug-likeness (QED) is 0.719. The summed E-state index contributed by atoms with van der Waals surface area (Å²) in [7, 11) is 0. The molecular weight excluding hydrogens is 260 g/mol. The zero-order valence-corrected chi connectivity index (χ0v) is 12.2. The summed E-state index contributed by atoms with van der Waals surface area (Å²) in [6.07, 6.45) is 0. The fourth-order valence-corrected chi connectivity index (χ4v) is 2.36. The molecule has 108 valence electrons. The molecule has 0 aliphatic heterocycles. The Kier molecular flexibility index (Phi) is 4.22. The van der Waals surface area contributed by atoms with Crippen molar-refractivity contribution in [1.29, 1.82) is 0 Å². The summed E-state index contributed by atoms with van der Waals surface area (Å²) in [5.74, 6) is 0.903. The Bertz CT molecular complexity index is 704. The summed E-state index contributed by atoms with van der Waals surface area (Å²) in [5.41, 5.74) is 3.53. The summed E-state index contributed by atoms with van der Waals surface area (Å²) in [5, 5.41) is 4.51. The van der Waals surface area contributed by atoms with E-state index in [0.29, 0.717) is 6.61 Å². The monoisotopic (exact) mass is 280 g/mol. The molecule has 0 bridgehead atoms. The Morgan fingerprint density at radius 3 is 2.71 bits per heavy atom. The van der Waals surface area contributed by atoms with Crippen LogP contribution in [0.25, 0.3) is 10.9 Å². The summed E-state index contributed by atoms with van der Waals surface area (Å²) in [6.45, 7) is 4.55. The number of aromatic amines is 1. The molecular formula is C18H20N2O. The number of fused-ring (bicyclic) bond motifs is 1. The first-order valence-corrected chi connectivity index (χ1v) is 7.34. The number of H-pyrrole nitrogens is 1. The van der Waals surface area contributed by atoms with E-state index in [-0.39, 0.29) is 0 Å². The second kappa shape index (κ2) is 6.46. The van der Waals surface area contributed by atoms with Crippen LogP contribution < -0.4 is 10.1 Å². The van der Waals surface area contributed by atoms with Gasteiger partial charge >= 0.3 is 0 Å². The first kappa shape index (κ1) is 13.7. The highest BCUT2D eigenvalue weighted by Crippen LogP contribution is 2.22. The van der Waals surface area contributed by atoms with Crippen LogP contribution in [-0.2, 0) is 13.2 Å². The van der Waals surface area contributed by atoms with Crippen LogP contribution in [0.4, 0.5) is 0 Å². The van der Waals surface area contributed by atoms with Crippen molar-refractivity contribution in [2.24, 2.45) is 0 Å². The number of hydrogen-bond donors (Lipinski definition) is 2. The van der Waals surface area contributed by atoms with E-state index < -0.39 is 0 Å². The van der Waals surface area contributed by atoms with Gasteiger partial charge < -0.3 is 15.0 Å². The molecule has 21 heavy (non-hydrogen) atoms. The van der Waals surface area contributed by atoms with Crippen LogP contribution in [0.2, 0.25) is 0 Å². The van der Waals surface area contributed by atoms with Gasteiger partial charge in [-0.25, -0.2) is 0 Å². The highest BCUT2D eigenvalue weighted by molar-refractivity contribution is 5.81. The second-order valence-corrected chi connectivity index (χ2v) is 5.10. The van der Waals surface area contributed by atoms with Gasteiger partial charge in [-0.05, 0) is 36.4 Å². The lowest BCUT2D eigenvalue weighted by Gasteiger charge is -2.06.